The standard InChI is InChI=1S/C16H20N2O2/c1-9-13(15(19)20)17-8-18-14(9)16-5-10-2-11(6-16)4-12(3-10)7-16/h8,10-12H,2-7H2,1H3,(H,19,20). The van der Waals surface area contributed by atoms with E-state index in [2.05, 4.69) is 9.97 Å². The Morgan fingerprint density at radius 3 is 2.20 bits per heavy atom. The summed E-state index contributed by atoms with van der Waals surface area (Å²) in [4.78, 5) is 19.8. The van der Waals surface area contributed by atoms with E-state index in [4.69, 9.17) is 0 Å². The van der Waals surface area contributed by atoms with Crippen molar-refractivity contribution in [2.75, 3.05) is 0 Å². The van der Waals surface area contributed by atoms with Crippen molar-refractivity contribution in [3.8, 4) is 0 Å². The fraction of sp³-hybridized carbons (Fsp3) is 0.688. The highest BCUT2D eigenvalue weighted by atomic mass is 16.4. The third kappa shape index (κ3) is 1.63. The summed E-state index contributed by atoms with van der Waals surface area (Å²) in [5, 5.41) is 9.28. The molecule has 0 radical (unpaired) electrons. The van der Waals surface area contributed by atoms with Crippen molar-refractivity contribution in [1.82, 2.24) is 9.97 Å². The van der Waals surface area contributed by atoms with Crippen LogP contribution in [-0.4, -0.2) is 21.0 Å². The van der Waals surface area contributed by atoms with Crippen LogP contribution in [0.2, 0.25) is 0 Å². The molecule has 0 aromatic carbocycles. The SMILES string of the molecule is Cc1c(C(=O)O)ncnc1C12CC3CC(CC(C3)C1)C2. The van der Waals surface area contributed by atoms with Gasteiger partial charge in [0.25, 0.3) is 0 Å². The van der Waals surface area contributed by atoms with Gasteiger partial charge in [0.2, 0.25) is 0 Å². The topological polar surface area (TPSA) is 63.1 Å². The molecule has 1 N–H and O–H groups in total. The van der Waals surface area contributed by atoms with Gasteiger partial charge in [-0.05, 0) is 63.2 Å². The highest BCUT2D eigenvalue weighted by Crippen LogP contribution is 2.60. The van der Waals surface area contributed by atoms with Gasteiger partial charge in [0, 0.05) is 11.0 Å². The summed E-state index contributed by atoms with van der Waals surface area (Å²) in [5.41, 5.74) is 2.16. The average Bonchev–Trinajstić information content (AvgIpc) is 2.36. The van der Waals surface area contributed by atoms with Gasteiger partial charge in [-0.2, -0.15) is 0 Å². The van der Waals surface area contributed by atoms with Gasteiger partial charge in [-0.15, -0.1) is 0 Å². The van der Waals surface area contributed by atoms with Gasteiger partial charge in [-0.25, -0.2) is 14.8 Å². The minimum Gasteiger partial charge on any atom is -0.477 e. The largest absolute Gasteiger partial charge is 0.477 e. The molecule has 4 saturated carbocycles. The maximum Gasteiger partial charge on any atom is 0.354 e. The molecule has 0 atom stereocenters. The highest BCUT2D eigenvalue weighted by Gasteiger charge is 2.53. The van der Waals surface area contributed by atoms with Gasteiger partial charge in [-0.1, -0.05) is 0 Å². The van der Waals surface area contributed by atoms with Crippen LogP contribution in [0.1, 0.15) is 60.3 Å². The molecule has 1 aromatic heterocycles. The Morgan fingerprint density at radius 1 is 1.15 bits per heavy atom. The Morgan fingerprint density at radius 2 is 1.70 bits per heavy atom. The van der Waals surface area contributed by atoms with E-state index in [0.717, 1.165) is 29.0 Å². The second-order valence-corrected chi connectivity index (χ2v) is 7.20. The molecule has 4 heteroatoms. The summed E-state index contributed by atoms with van der Waals surface area (Å²) in [6.45, 7) is 1.89. The lowest BCUT2D eigenvalue weighted by Crippen LogP contribution is -2.49. The Bertz CT molecular complexity index is 547. The molecule has 0 unspecified atom stereocenters. The predicted octanol–water partition coefficient (Wildman–Crippen LogP) is 2.95. The van der Waals surface area contributed by atoms with Crippen molar-refractivity contribution in [2.45, 2.75) is 50.9 Å². The number of nitrogens with zero attached hydrogens (tertiary/aromatic N) is 2. The normalized spacial score (nSPS) is 38.1. The van der Waals surface area contributed by atoms with Gasteiger partial charge >= 0.3 is 5.97 Å². The molecule has 1 heterocycles. The van der Waals surface area contributed by atoms with Crippen LogP contribution < -0.4 is 0 Å². The fourth-order valence-corrected chi connectivity index (χ4v) is 5.60. The Labute approximate surface area is 118 Å². The number of rotatable bonds is 2. The van der Waals surface area contributed by atoms with Gasteiger partial charge < -0.3 is 5.11 Å². The summed E-state index contributed by atoms with van der Waals surface area (Å²) < 4.78 is 0. The van der Waals surface area contributed by atoms with E-state index >= 15 is 0 Å². The van der Waals surface area contributed by atoms with Crippen LogP contribution in [0, 0.1) is 24.7 Å². The van der Waals surface area contributed by atoms with Crippen LogP contribution in [0.3, 0.4) is 0 Å². The lowest BCUT2D eigenvalue weighted by Gasteiger charge is -2.56. The first-order chi connectivity index (χ1) is 9.57. The zero-order valence-corrected chi connectivity index (χ0v) is 11.8. The number of hydrogen-bond donors (Lipinski definition) is 1. The number of carboxylic acids is 1. The van der Waals surface area contributed by atoms with Crippen LogP contribution in [-0.2, 0) is 5.41 Å². The molecule has 4 nitrogen and oxygen atoms in total. The van der Waals surface area contributed by atoms with E-state index in [1.165, 1.54) is 44.9 Å². The second kappa shape index (κ2) is 4.03. The molecule has 4 aliphatic carbocycles. The van der Waals surface area contributed by atoms with Crippen molar-refractivity contribution < 1.29 is 9.90 Å². The molecule has 4 fully saturated rings. The molecule has 1 aromatic rings. The minimum atomic E-state index is -0.934. The Hall–Kier alpha value is -1.45. The lowest BCUT2D eigenvalue weighted by molar-refractivity contribution is -0.00762. The molecule has 4 bridgehead atoms. The quantitative estimate of drug-likeness (QED) is 0.899. The molecular weight excluding hydrogens is 252 g/mol. The Balaban J connectivity index is 1.81. The van der Waals surface area contributed by atoms with Crippen LogP contribution in [0.15, 0.2) is 6.33 Å². The smallest absolute Gasteiger partial charge is 0.354 e. The third-order valence-corrected chi connectivity index (χ3v) is 5.83. The van der Waals surface area contributed by atoms with Crippen LogP contribution in [0.25, 0.3) is 0 Å². The van der Waals surface area contributed by atoms with Gasteiger partial charge in [-0.3, -0.25) is 0 Å². The third-order valence-electron chi connectivity index (χ3n) is 5.83. The van der Waals surface area contributed by atoms with Gasteiger partial charge in [0.15, 0.2) is 5.69 Å². The van der Waals surface area contributed by atoms with Crippen LogP contribution in [0.4, 0.5) is 0 Å². The zero-order chi connectivity index (χ0) is 13.9. The predicted molar refractivity (Wildman–Crippen MR) is 73.6 cm³/mol. The molecule has 5 rings (SSSR count). The van der Waals surface area contributed by atoms with Crippen LogP contribution in [0.5, 0.6) is 0 Å². The van der Waals surface area contributed by atoms with E-state index in [0.29, 0.717) is 0 Å². The number of carbonyl (C=O) groups is 1. The molecule has 0 aliphatic heterocycles. The maximum absolute atomic E-state index is 11.3. The zero-order valence-electron chi connectivity index (χ0n) is 11.8. The van der Waals surface area contributed by atoms with E-state index in [9.17, 15) is 9.90 Å². The number of aromatic carboxylic acids is 1. The van der Waals surface area contributed by atoms with E-state index in [1.807, 2.05) is 6.92 Å². The second-order valence-electron chi connectivity index (χ2n) is 7.20. The summed E-state index contributed by atoms with van der Waals surface area (Å²) in [6, 6.07) is 0. The van der Waals surface area contributed by atoms with Crippen molar-refractivity contribution in [3.05, 3.63) is 23.3 Å². The van der Waals surface area contributed by atoms with Crippen molar-refractivity contribution >= 4 is 5.97 Å². The summed E-state index contributed by atoms with van der Waals surface area (Å²) in [6.07, 6.45) is 9.21. The summed E-state index contributed by atoms with van der Waals surface area (Å²) >= 11 is 0. The van der Waals surface area contributed by atoms with E-state index in [1.54, 1.807) is 0 Å². The van der Waals surface area contributed by atoms with E-state index in [-0.39, 0.29) is 11.1 Å². The summed E-state index contributed by atoms with van der Waals surface area (Å²) in [5.74, 6) is 1.58. The van der Waals surface area contributed by atoms with Crippen molar-refractivity contribution in [2.24, 2.45) is 17.8 Å². The molecular formula is C16H20N2O2. The number of aromatic nitrogens is 2. The monoisotopic (exact) mass is 272 g/mol. The molecule has 0 amide bonds. The molecule has 20 heavy (non-hydrogen) atoms. The molecule has 0 spiro atoms. The minimum absolute atomic E-state index is 0.145. The molecule has 4 aliphatic rings. The summed E-state index contributed by atoms with van der Waals surface area (Å²) in [7, 11) is 0. The van der Waals surface area contributed by atoms with Gasteiger partial charge in [0.1, 0.15) is 6.33 Å². The lowest BCUT2D eigenvalue weighted by atomic mass is 9.48. The molecule has 106 valence electrons. The van der Waals surface area contributed by atoms with Gasteiger partial charge in [0.05, 0.1) is 5.69 Å². The maximum atomic E-state index is 11.3. The van der Waals surface area contributed by atoms with E-state index < -0.39 is 5.97 Å². The van der Waals surface area contributed by atoms with Crippen molar-refractivity contribution in [1.29, 1.82) is 0 Å². The number of hydrogen-bond acceptors (Lipinski definition) is 3. The first-order valence-electron chi connectivity index (χ1n) is 7.63. The van der Waals surface area contributed by atoms with Crippen molar-refractivity contribution in [3.63, 3.8) is 0 Å². The first kappa shape index (κ1) is 12.3. The molecule has 0 saturated heterocycles. The fourth-order valence-electron chi connectivity index (χ4n) is 5.60. The first-order valence-corrected chi connectivity index (χ1v) is 7.63. The van der Waals surface area contributed by atoms with Crippen LogP contribution >= 0.6 is 0 Å². The Kier molecular flexibility index (Phi) is 2.48. The highest BCUT2D eigenvalue weighted by molar-refractivity contribution is 5.87. The number of carboxylic acid groups (broad SMARTS) is 1. The average molecular weight is 272 g/mol.